The highest BCUT2D eigenvalue weighted by Crippen LogP contribution is 2.16. The fourth-order valence-corrected chi connectivity index (χ4v) is 1.44. The van der Waals surface area contributed by atoms with Gasteiger partial charge in [-0.2, -0.15) is 5.10 Å². The van der Waals surface area contributed by atoms with Gasteiger partial charge in [0.25, 0.3) is 0 Å². The summed E-state index contributed by atoms with van der Waals surface area (Å²) >= 11 is 0. The first-order valence-corrected chi connectivity index (χ1v) is 5.57. The van der Waals surface area contributed by atoms with Crippen molar-refractivity contribution in [1.82, 2.24) is 9.78 Å². The number of hydrogen-bond donors (Lipinski definition) is 1. The number of aromatic nitrogens is 2. The van der Waals surface area contributed by atoms with Gasteiger partial charge in [0.2, 0.25) is 0 Å². The molecule has 0 unspecified atom stereocenters. The number of carbonyl (C=O) groups is 1. The fraction of sp³-hybridized carbons (Fsp3) is 0.667. The lowest BCUT2D eigenvalue weighted by molar-refractivity contribution is 0.0930. The summed E-state index contributed by atoms with van der Waals surface area (Å²) in [4.78, 5) is 11.9. The number of Topliss-reactive ketones (excluding diaryl/α,β-unsaturated/α-hetero) is 1. The van der Waals surface area contributed by atoms with E-state index < -0.39 is 0 Å². The monoisotopic (exact) mass is 223 g/mol. The second-order valence-corrected chi connectivity index (χ2v) is 5.43. The first-order chi connectivity index (χ1) is 7.20. The van der Waals surface area contributed by atoms with E-state index in [4.69, 9.17) is 0 Å². The fourth-order valence-electron chi connectivity index (χ4n) is 1.44. The molecule has 1 N–H and O–H groups in total. The lowest BCUT2D eigenvalue weighted by Gasteiger charge is -2.19. The lowest BCUT2D eigenvalue weighted by atomic mass is 10.1. The molecule has 4 heteroatoms. The molecule has 0 aromatic carbocycles. The van der Waals surface area contributed by atoms with Crippen molar-refractivity contribution in [2.24, 2.45) is 13.0 Å². The van der Waals surface area contributed by atoms with Gasteiger partial charge in [0.1, 0.15) is 11.5 Å². The standard InChI is InChI=1S/C12H21N3O/c1-8(2)11(16)9-7-10(14-15(9)6)13-12(3,4)5/h7-8H,1-6H3,(H,13,14). The summed E-state index contributed by atoms with van der Waals surface area (Å²) in [5.74, 6) is 0.869. The van der Waals surface area contributed by atoms with Gasteiger partial charge >= 0.3 is 0 Å². The molecule has 1 aromatic heterocycles. The molecule has 0 fully saturated rings. The Morgan fingerprint density at radius 2 is 2.00 bits per heavy atom. The van der Waals surface area contributed by atoms with Crippen LogP contribution in [0.5, 0.6) is 0 Å². The average Bonchev–Trinajstić information content (AvgIpc) is 2.41. The Morgan fingerprint density at radius 3 is 2.44 bits per heavy atom. The Kier molecular flexibility index (Phi) is 3.41. The van der Waals surface area contributed by atoms with Gasteiger partial charge in [-0.25, -0.2) is 0 Å². The van der Waals surface area contributed by atoms with Crippen molar-refractivity contribution in [3.63, 3.8) is 0 Å². The second kappa shape index (κ2) is 4.28. The van der Waals surface area contributed by atoms with Crippen LogP contribution in [-0.2, 0) is 7.05 Å². The highest BCUT2D eigenvalue weighted by atomic mass is 16.1. The van der Waals surface area contributed by atoms with Gasteiger partial charge in [0.05, 0.1) is 0 Å². The summed E-state index contributed by atoms with van der Waals surface area (Å²) in [5, 5.41) is 7.54. The highest BCUT2D eigenvalue weighted by Gasteiger charge is 2.18. The summed E-state index contributed by atoms with van der Waals surface area (Å²) in [6.07, 6.45) is 0. The minimum atomic E-state index is -0.0491. The summed E-state index contributed by atoms with van der Waals surface area (Å²) in [7, 11) is 1.80. The molecule has 0 atom stereocenters. The Hall–Kier alpha value is -1.32. The van der Waals surface area contributed by atoms with Crippen LogP contribution in [0.1, 0.15) is 45.1 Å². The van der Waals surface area contributed by atoms with Gasteiger partial charge in [-0.05, 0) is 20.8 Å². The minimum Gasteiger partial charge on any atom is -0.364 e. The molecule has 1 aromatic rings. The first-order valence-electron chi connectivity index (χ1n) is 5.57. The van der Waals surface area contributed by atoms with Gasteiger partial charge in [-0.15, -0.1) is 0 Å². The lowest BCUT2D eigenvalue weighted by Crippen LogP contribution is -2.26. The maximum atomic E-state index is 11.9. The topological polar surface area (TPSA) is 46.9 Å². The number of anilines is 1. The molecule has 1 rings (SSSR count). The number of carbonyl (C=O) groups excluding carboxylic acids is 1. The van der Waals surface area contributed by atoms with Gasteiger partial charge in [0.15, 0.2) is 5.78 Å². The van der Waals surface area contributed by atoms with Crippen molar-refractivity contribution in [2.75, 3.05) is 5.32 Å². The summed E-state index contributed by atoms with van der Waals surface area (Å²) in [6.45, 7) is 9.97. The molecule has 0 bridgehead atoms. The van der Waals surface area contributed by atoms with E-state index in [-0.39, 0.29) is 17.2 Å². The van der Waals surface area contributed by atoms with Gasteiger partial charge in [-0.1, -0.05) is 13.8 Å². The van der Waals surface area contributed by atoms with Crippen LogP contribution >= 0.6 is 0 Å². The zero-order valence-electron chi connectivity index (χ0n) is 11.0. The van der Waals surface area contributed by atoms with Crippen LogP contribution < -0.4 is 5.32 Å². The zero-order chi connectivity index (χ0) is 12.5. The van der Waals surface area contributed by atoms with E-state index in [1.165, 1.54) is 0 Å². The maximum Gasteiger partial charge on any atom is 0.183 e. The number of rotatable bonds is 3. The van der Waals surface area contributed by atoms with Crippen molar-refractivity contribution >= 4 is 11.6 Å². The minimum absolute atomic E-state index is 0.00196. The largest absolute Gasteiger partial charge is 0.364 e. The van der Waals surface area contributed by atoms with E-state index >= 15 is 0 Å². The van der Waals surface area contributed by atoms with E-state index in [2.05, 4.69) is 31.2 Å². The maximum absolute atomic E-state index is 11.9. The quantitative estimate of drug-likeness (QED) is 0.801. The number of nitrogens with one attached hydrogen (secondary N) is 1. The molecule has 0 radical (unpaired) electrons. The third-order valence-electron chi connectivity index (χ3n) is 2.16. The van der Waals surface area contributed by atoms with Gasteiger partial charge in [-0.3, -0.25) is 9.48 Å². The Balaban J connectivity index is 2.95. The van der Waals surface area contributed by atoms with Crippen LogP contribution in [0.25, 0.3) is 0 Å². The van der Waals surface area contributed by atoms with Crippen LogP contribution in [0.4, 0.5) is 5.82 Å². The van der Waals surface area contributed by atoms with Crippen LogP contribution in [0.2, 0.25) is 0 Å². The predicted octanol–water partition coefficient (Wildman–Crippen LogP) is 2.47. The van der Waals surface area contributed by atoms with Gasteiger partial charge < -0.3 is 5.32 Å². The van der Waals surface area contributed by atoms with Crippen LogP contribution in [0.3, 0.4) is 0 Å². The van der Waals surface area contributed by atoms with E-state index in [9.17, 15) is 4.79 Å². The van der Waals surface area contributed by atoms with E-state index in [1.54, 1.807) is 11.7 Å². The molecule has 0 saturated carbocycles. The van der Waals surface area contributed by atoms with Crippen molar-refractivity contribution < 1.29 is 4.79 Å². The van der Waals surface area contributed by atoms with Gasteiger partial charge in [0, 0.05) is 24.6 Å². The van der Waals surface area contributed by atoms with E-state index in [0.29, 0.717) is 5.69 Å². The molecule has 0 aliphatic rings. The summed E-state index contributed by atoms with van der Waals surface area (Å²) in [5.41, 5.74) is 0.605. The number of aryl methyl sites for hydroxylation is 1. The average molecular weight is 223 g/mol. The molecule has 4 nitrogen and oxygen atoms in total. The summed E-state index contributed by atoms with van der Waals surface area (Å²) in [6, 6.07) is 1.81. The van der Waals surface area contributed by atoms with Crippen molar-refractivity contribution in [3.8, 4) is 0 Å². The number of ketones is 1. The molecule has 1 heterocycles. The molecule has 0 amide bonds. The molecular weight excluding hydrogens is 202 g/mol. The first kappa shape index (κ1) is 12.7. The second-order valence-electron chi connectivity index (χ2n) is 5.43. The molecular formula is C12H21N3O. The van der Waals surface area contributed by atoms with Crippen molar-refractivity contribution in [3.05, 3.63) is 11.8 Å². The molecule has 0 spiro atoms. The Labute approximate surface area is 97.0 Å². The van der Waals surface area contributed by atoms with Crippen LogP contribution in [0.15, 0.2) is 6.07 Å². The smallest absolute Gasteiger partial charge is 0.183 e. The molecule has 90 valence electrons. The highest BCUT2D eigenvalue weighted by molar-refractivity contribution is 5.96. The zero-order valence-corrected chi connectivity index (χ0v) is 11.0. The van der Waals surface area contributed by atoms with Crippen LogP contribution in [0, 0.1) is 5.92 Å². The Bertz CT molecular complexity index is 385. The molecule has 0 saturated heterocycles. The van der Waals surface area contributed by atoms with E-state index in [0.717, 1.165) is 5.82 Å². The third kappa shape index (κ3) is 3.08. The molecule has 16 heavy (non-hydrogen) atoms. The normalized spacial score (nSPS) is 11.9. The Morgan fingerprint density at radius 1 is 1.44 bits per heavy atom. The summed E-state index contributed by atoms with van der Waals surface area (Å²) < 4.78 is 1.64. The molecule has 0 aliphatic heterocycles. The third-order valence-corrected chi connectivity index (χ3v) is 2.16. The van der Waals surface area contributed by atoms with Crippen molar-refractivity contribution in [2.45, 2.75) is 40.2 Å². The number of nitrogens with zero attached hydrogens (tertiary/aromatic N) is 2. The SMILES string of the molecule is CC(C)C(=O)c1cc(NC(C)(C)C)nn1C. The van der Waals surface area contributed by atoms with Crippen LogP contribution in [-0.4, -0.2) is 21.1 Å². The van der Waals surface area contributed by atoms with E-state index in [1.807, 2.05) is 19.9 Å². The van der Waals surface area contributed by atoms with Crippen molar-refractivity contribution in [1.29, 1.82) is 0 Å². The number of hydrogen-bond acceptors (Lipinski definition) is 3. The molecule has 0 aliphatic carbocycles. The predicted molar refractivity (Wildman–Crippen MR) is 65.8 cm³/mol.